The van der Waals surface area contributed by atoms with Crippen LogP contribution >= 0.6 is 11.3 Å². The second-order valence-corrected chi connectivity index (χ2v) is 9.99. The van der Waals surface area contributed by atoms with Gasteiger partial charge in [0.2, 0.25) is 11.8 Å². The number of likely N-dealkylation sites (tertiary alicyclic amines) is 1. The molecule has 0 radical (unpaired) electrons. The molecule has 34 heavy (non-hydrogen) atoms. The van der Waals surface area contributed by atoms with Crippen LogP contribution in [0.3, 0.4) is 0 Å². The minimum Gasteiger partial charge on any atom is -0.392 e. The predicted molar refractivity (Wildman–Crippen MR) is 133 cm³/mol. The molecule has 0 saturated carbocycles. The van der Waals surface area contributed by atoms with Crippen molar-refractivity contribution in [2.24, 2.45) is 0 Å². The Kier molecular flexibility index (Phi) is 6.45. The molecule has 0 spiro atoms. The number of anilines is 1. The van der Waals surface area contributed by atoms with Gasteiger partial charge in [-0.2, -0.15) is 0 Å². The Morgan fingerprint density at radius 2 is 2.21 bits per heavy atom. The third-order valence-electron chi connectivity index (χ3n) is 6.68. The zero-order chi connectivity index (χ0) is 23.7. The van der Waals surface area contributed by atoms with Gasteiger partial charge in [-0.15, -0.1) is 11.3 Å². The molecule has 2 amide bonds. The first-order chi connectivity index (χ1) is 16.5. The van der Waals surface area contributed by atoms with Crippen molar-refractivity contribution in [1.29, 1.82) is 0 Å². The summed E-state index contributed by atoms with van der Waals surface area (Å²) in [6.07, 6.45) is 2.95. The summed E-state index contributed by atoms with van der Waals surface area (Å²) in [4.78, 5) is 34.4. The number of nitrogens with zero attached hydrogens (tertiary/aromatic N) is 3. The summed E-state index contributed by atoms with van der Waals surface area (Å²) in [6, 6.07) is 13.9. The van der Waals surface area contributed by atoms with Crippen molar-refractivity contribution in [2.45, 2.75) is 31.4 Å². The van der Waals surface area contributed by atoms with E-state index in [1.165, 1.54) is 0 Å². The number of fused-ring (bicyclic) bond motifs is 1. The number of amides is 2. The Bertz CT molecular complexity index is 1200. The molecule has 2 atom stereocenters. The number of β-amino-alcohol motifs (C(OH)–C–C–N with tert-alkyl or cyclic N) is 1. The molecule has 5 rings (SSSR count). The molecule has 0 bridgehead atoms. The van der Waals surface area contributed by atoms with Crippen LogP contribution in [0.15, 0.2) is 54.2 Å². The summed E-state index contributed by atoms with van der Waals surface area (Å²) >= 11 is 1.59. The SMILES string of the molecule is CN(C(=O)Cc1ccc2c(c1)NC(=O)C2)C(CN1CC[C@H](O)C1)c1cccc(-c2cncs2)c1. The molecular formula is C26H28N4O3S. The lowest BCUT2D eigenvalue weighted by Crippen LogP contribution is -2.39. The summed E-state index contributed by atoms with van der Waals surface area (Å²) in [6.45, 7) is 2.10. The number of likely N-dealkylation sites (N-methyl/N-ethyl adjacent to an activating group) is 1. The molecule has 7 nitrogen and oxygen atoms in total. The molecule has 2 N–H and O–H groups in total. The maximum atomic E-state index is 13.4. The van der Waals surface area contributed by atoms with Gasteiger partial charge < -0.3 is 15.3 Å². The Morgan fingerprint density at radius 3 is 2.97 bits per heavy atom. The van der Waals surface area contributed by atoms with Crippen molar-refractivity contribution in [3.05, 3.63) is 70.9 Å². The van der Waals surface area contributed by atoms with Gasteiger partial charge in [0.25, 0.3) is 0 Å². The van der Waals surface area contributed by atoms with Gasteiger partial charge in [-0.05, 0) is 40.8 Å². The topological polar surface area (TPSA) is 85.8 Å². The second kappa shape index (κ2) is 9.66. The van der Waals surface area contributed by atoms with E-state index in [9.17, 15) is 14.7 Å². The number of aliphatic hydroxyl groups excluding tert-OH is 1. The number of hydrogen-bond acceptors (Lipinski definition) is 6. The van der Waals surface area contributed by atoms with E-state index in [1.54, 1.807) is 11.3 Å². The van der Waals surface area contributed by atoms with Crippen LogP contribution in [-0.4, -0.2) is 64.5 Å². The second-order valence-electron chi connectivity index (χ2n) is 9.11. The average Bonchev–Trinajstić information content (AvgIpc) is 3.57. The minimum absolute atomic E-state index is 0.00992. The van der Waals surface area contributed by atoms with Crippen LogP contribution in [0, 0.1) is 0 Å². The highest BCUT2D eigenvalue weighted by Gasteiger charge is 2.29. The fourth-order valence-corrected chi connectivity index (χ4v) is 5.40. The van der Waals surface area contributed by atoms with E-state index in [0.29, 0.717) is 19.5 Å². The lowest BCUT2D eigenvalue weighted by molar-refractivity contribution is -0.131. The van der Waals surface area contributed by atoms with E-state index in [0.717, 1.165) is 45.8 Å². The molecule has 2 aromatic carbocycles. The van der Waals surface area contributed by atoms with E-state index in [4.69, 9.17) is 0 Å². The van der Waals surface area contributed by atoms with Crippen LogP contribution in [0.2, 0.25) is 0 Å². The summed E-state index contributed by atoms with van der Waals surface area (Å²) in [5.74, 6) is 0.00138. The summed E-state index contributed by atoms with van der Waals surface area (Å²) in [5.41, 5.74) is 6.62. The number of thiazole rings is 1. The molecule has 176 valence electrons. The van der Waals surface area contributed by atoms with Gasteiger partial charge in [0, 0.05) is 38.6 Å². The molecule has 1 saturated heterocycles. The smallest absolute Gasteiger partial charge is 0.228 e. The Balaban J connectivity index is 1.38. The third-order valence-corrected chi connectivity index (χ3v) is 7.50. The van der Waals surface area contributed by atoms with Crippen molar-refractivity contribution < 1.29 is 14.7 Å². The molecule has 1 aromatic heterocycles. The minimum atomic E-state index is -0.313. The Morgan fingerprint density at radius 1 is 1.32 bits per heavy atom. The number of hydrogen-bond donors (Lipinski definition) is 2. The summed E-state index contributed by atoms with van der Waals surface area (Å²) in [5, 5.41) is 12.9. The van der Waals surface area contributed by atoms with E-state index < -0.39 is 0 Å². The van der Waals surface area contributed by atoms with Gasteiger partial charge in [0.05, 0.1) is 35.4 Å². The average molecular weight is 477 g/mol. The number of aromatic nitrogens is 1. The lowest BCUT2D eigenvalue weighted by Gasteiger charge is -2.32. The van der Waals surface area contributed by atoms with Crippen molar-refractivity contribution in [2.75, 3.05) is 32.0 Å². The molecule has 1 unspecified atom stereocenters. The number of nitrogens with one attached hydrogen (secondary N) is 1. The van der Waals surface area contributed by atoms with Crippen molar-refractivity contribution in [3.63, 3.8) is 0 Å². The maximum absolute atomic E-state index is 13.4. The third kappa shape index (κ3) is 4.89. The van der Waals surface area contributed by atoms with E-state index >= 15 is 0 Å². The fourth-order valence-electron chi connectivity index (χ4n) is 4.78. The summed E-state index contributed by atoms with van der Waals surface area (Å²) in [7, 11) is 1.86. The largest absolute Gasteiger partial charge is 0.392 e. The monoisotopic (exact) mass is 476 g/mol. The van der Waals surface area contributed by atoms with Crippen molar-refractivity contribution in [3.8, 4) is 10.4 Å². The van der Waals surface area contributed by atoms with Crippen LogP contribution in [-0.2, 0) is 22.4 Å². The quantitative estimate of drug-likeness (QED) is 0.547. The van der Waals surface area contributed by atoms with Gasteiger partial charge in [0.1, 0.15) is 0 Å². The molecule has 8 heteroatoms. The van der Waals surface area contributed by atoms with E-state index in [-0.39, 0.29) is 30.4 Å². The van der Waals surface area contributed by atoms with Crippen molar-refractivity contribution in [1.82, 2.24) is 14.8 Å². The summed E-state index contributed by atoms with van der Waals surface area (Å²) < 4.78 is 0. The van der Waals surface area contributed by atoms with Gasteiger partial charge in [0.15, 0.2) is 0 Å². The standard InChI is InChI=1S/C26H28N4O3S/c1-29(26(33)10-17-5-6-18-12-25(32)28-22(18)9-17)23(15-30-8-7-21(31)14-30)19-3-2-4-20(11-19)24-13-27-16-34-24/h2-6,9,11,13,16,21,23,31H,7-8,10,12,14-15H2,1H3,(H,28,32)/t21-,23?/m0/s1. The van der Waals surface area contributed by atoms with Crippen molar-refractivity contribution >= 4 is 28.8 Å². The first-order valence-electron chi connectivity index (χ1n) is 11.5. The molecule has 1 fully saturated rings. The molecular weight excluding hydrogens is 448 g/mol. The highest BCUT2D eigenvalue weighted by atomic mass is 32.1. The normalized spacial score (nSPS) is 18.5. The number of carbonyl (C=O) groups excluding carboxylic acids is 2. The van der Waals surface area contributed by atoms with E-state index in [1.807, 2.05) is 47.9 Å². The number of aliphatic hydroxyl groups is 1. The van der Waals surface area contributed by atoms with Crippen LogP contribution in [0.25, 0.3) is 10.4 Å². The van der Waals surface area contributed by atoms with E-state index in [2.05, 4.69) is 33.4 Å². The highest BCUT2D eigenvalue weighted by molar-refractivity contribution is 7.13. The number of rotatable bonds is 7. The van der Waals surface area contributed by atoms with Gasteiger partial charge >= 0.3 is 0 Å². The first-order valence-corrected chi connectivity index (χ1v) is 12.4. The van der Waals surface area contributed by atoms with Crippen LogP contribution in [0.4, 0.5) is 5.69 Å². The Hall–Kier alpha value is -3.07. The van der Waals surface area contributed by atoms with Crippen LogP contribution in [0.1, 0.15) is 29.2 Å². The molecule has 3 aromatic rings. The predicted octanol–water partition coefficient (Wildman–Crippen LogP) is 3.11. The zero-order valence-electron chi connectivity index (χ0n) is 19.1. The molecule has 2 aliphatic heterocycles. The number of benzene rings is 2. The first kappa shape index (κ1) is 22.7. The molecule has 3 heterocycles. The number of carbonyl (C=O) groups is 2. The van der Waals surface area contributed by atoms with Crippen LogP contribution < -0.4 is 5.32 Å². The van der Waals surface area contributed by atoms with Gasteiger partial charge in [-0.25, -0.2) is 0 Å². The maximum Gasteiger partial charge on any atom is 0.228 e. The highest BCUT2D eigenvalue weighted by Crippen LogP contribution is 2.30. The van der Waals surface area contributed by atoms with Gasteiger partial charge in [-0.3, -0.25) is 19.5 Å². The van der Waals surface area contributed by atoms with Crippen LogP contribution in [0.5, 0.6) is 0 Å². The fraction of sp³-hybridized carbons (Fsp3) is 0.346. The molecule has 0 aliphatic carbocycles. The molecule has 2 aliphatic rings. The zero-order valence-corrected chi connectivity index (χ0v) is 19.9. The van der Waals surface area contributed by atoms with Gasteiger partial charge in [-0.1, -0.05) is 30.3 Å². The Labute approximate surface area is 203 Å². The lowest BCUT2D eigenvalue weighted by atomic mass is 10.0.